The fourth-order valence-electron chi connectivity index (χ4n) is 4.79. The molecular weight excluding hydrogens is 493 g/mol. The van der Waals surface area contributed by atoms with Crippen LogP contribution in [0.1, 0.15) is 53.1 Å². The normalized spacial score (nSPS) is 16.6. The highest BCUT2D eigenvalue weighted by molar-refractivity contribution is 6.10. The Bertz CT molecular complexity index is 1240. The number of halogens is 3. The number of hydrogen-bond acceptors (Lipinski definition) is 5. The molecule has 38 heavy (non-hydrogen) atoms. The molecule has 1 atom stereocenters. The maximum absolute atomic E-state index is 13.7. The van der Waals surface area contributed by atoms with Gasteiger partial charge in [0.25, 0.3) is 5.91 Å². The highest BCUT2D eigenvalue weighted by Gasteiger charge is 2.40. The third-order valence-corrected chi connectivity index (χ3v) is 7.28. The third kappa shape index (κ3) is 6.24. The zero-order chi connectivity index (χ0) is 27.4. The van der Waals surface area contributed by atoms with E-state index in [1.54, 1.807) is 42.7 Å². The van der Waals surface area contributed by atoms with Crippen LogP contribution in [0, 0.1) is 11.8 Å². The van der Waals surface area contributed by atoms with E-state index in [1.807, 2.05) is 16.5 Å². The zero-order valence-corrected chi connectivity index (χ0v) is 22.1. The topological polar surface area (TPSA) is 80.3 Å². The predicted octanol–water partition coefficient (Wildman–Crippen LogP) is 4.66. The summed E-state index contributed by atoms with van der Waals surface area (Å²) < 4.78 is 43.0. The van der Waals surface area contributed by atoms with Crippen molar-refractivity contribution in [3.8, 4) is 0 Å². The monoisotopic (exact) mass is 528 g/mol. The van der Waals surface area contributed by atoms with Crippen LogP contribution in [0.3, 0.4) is 0 Å². The van der Waals surface area contributed by atoms with Gasteiger partial charge in [0.2, 0.25) is 0 Å². The fraction of sp³-hybridized carbons (Fsp3) is 0.464. The number of nitrogens with two attached hydrogens (primary N) is 1. The number of amides is 1. The summed E-state index contributed by atoms with van der Waals surface area (Å²) in [5.74, 6) is 1.81. The van der Waals surface area contributed by atoms with E-state index in [1.165, 1.54) is 17.4 Å². The minimum Gasteiger partial charge on any atom is -0.330 e. The van der Waals surface area contributed by atoms with E-state index in [2.05, 4.69) is 24.0 Å². The van der Waals surface area contributed by atoms with Crippen LogP contribution in [0.15, 0.2) is 48.8 Å². The van der Waals surface area contributed by atoms with Crippen LogP contribution >= 0.6 is 0 Å². The first kappa shape index (κ1) is 27.8. The molecule has 0 bridgehead atoms. The van der Waals surface area contributed by atoms with Gasteiger partial charge < -0.3 is 15.2 Å². The molecule has 5 rings (SSSR count). The number of likely N-dealkylation sites (tertiary alicyclic amines) is 1. The van der Waals surface area contributed by atoms with Crippen LogP contribution in [-0.2, 0) is 32.7 Å². The number of nitrogens with zero attached hydrogens (tertiary/aromatic N) is 5. The number of hydrogen-bond donors (Lipinski definition) is 1. The summed E-state index contributed by atoms with van der Waals surface area (Å²) in [5.41, 5.74) is 6.22. The molecule has 3 heterocycles. The van der Waals surface area contributed by atoms with Gasteiger partial charge in [-0.1, -0.05) is 38.5 Å². The SMILES string of the molecule is CCC(C)Cc1nncn1C.NCC1CN(Cc2cc3c(c(C(F)(F)F)c2)CN(c2ccccc2)C3=O)C1. The molecule has 0 spiro atoms. The van der Waals surface area contributed by atoms with E-state index in [0.717, 1.165) is 25.3 Å². The fourth-order valence-corrected chi connectivity index (χ4v) is 4.79. The Labute approximate surface area is 221 Å². The third-order valence-electron chi connectivity index (χ3n) is 7.28. The van der Waals surface area contributed by atoms with Crippen LogP contribution in [0.4, 0.5) is 18.9 Å². The lowest BCUT2D eigenvalue weighted by atomic mass is 9.96. The first-order valence-electron chi connectivity index (χ1n) is 13.0. The Hall–Kier alpha value is -3.24. The van der Waals surface area contributed by atoms with E-state index >= 15 is 0 Å². The van der Waals surface area contributed by atoms with Crippen molar-refractivity contribution in [2.45, 2.75) is 46.0 Å². The van der Waals surface area contributed by atoms with Gasteiger partial charge >= 0.3 is 6.18 Å². The predicted molar refractivity (Wildman–Crippen MR) is 140 cm³/mol. The Morgan fingerprint density at radius 3 is 2.45 bits per heavy atom. The van der Waals surface area contributed by atoms with E-state index in [4.69, 9.17) is 5.73 Å². The molecule has 10 heteroatoms. The smallest absolute Gasteiger partial charge is 0.330 e. The molecule has 204 valence electrons. The van der Waals surface area contributed by atoms with Gasteiger partial charge in [0.05, 0.1) is 12.1 Å². The molecule has 2 aliphatic heterocycles. The molecule has 3 aromatic rings. The number of aromatic nitrogens is 3. The summed E-state index contributed by atoms with van der Waals surface area (Å²) in [4.78, 5) is 16.3. The number of benzene rings is 2. The van der Waals surface area contributed by atoms with E-state index in [0.29, 0.717) is 36.2 Å². The average molecular weight is 529 g/mol. The lowest BCUT2D eigenvalue weighted by Gasteiger charge is -2.38. The summed E-state index contributed by atoms with van der Waals surface area (Å²) in [7, 11) is 1.98. The Balaban J connectivity index is 0.000000257. The number of alkyl halides is 3. The molecule has 2 aromatic carbocycles. The highest BCUT2D eigenvalue weighted by atomic mass is 19.4. The summed E-state index contributed by atoms with van der Waals surface area (Å²) in [6, 6.07) is 11.6. The van der Waals surface area contributed by atoms with Crippen molar-refractivity contribution in [2.24, 2.45) is 24.6 Å². The van der Waals surface area contributed by atoms with E-state index in [-0.39, 0.29) is 23.6 Å². The number of aryl methyl sites for hydroxylation is 1. The van der Waals surface area contributed by atoms with Crippen LogP contribution < -0.4 is 10.6 Å². The first-order chi connectivity index (χ1) is 18.1. The number of fused-ring (bicyclic) bond motifs is 1. The maximum Gasteiger partial charge on any atom is 0.416 e. The second kappa shape index (κ2) is 11.7. The largest absolute Gasteiger partial charge is 0.416 e. The minimum absolute atomic E-state index is 0.0588. The Morgan fingerprint density at radius 1 is 1.16 bits per heavy atom. The van der Waals surface area contributed by atoms with Gasteiger partial charge in [0.15, 0.2) is 0 Å². The van der Waals surface area contributed by atoms with Crippen molar-refractivity contribution >= 4 is 11.6 Å². The molecule has 1 saturated heterocycles. The molecule has 2 N–H and O–H groups in total. The van der Waals surface area contributed by atoms with Gasteiger partial charge in [-0.2, -0.15) is 13.2 Å². The van der Waals surface area contributed by atoms with E-state index in [9.17, 15) is 18.0 Å². The molecule has 1 aromatic heterocycles. The Morgan fingerprint density at radius 2 is 1.87 bits per heavy atom. The van der Waals surface area contributed by atoms with Crippen molar-refractivity contribution in [3.05, 3.63) is 76.9 Å². The summed E-state index contributed by atoms with van der Waals surface area (Å²) in [6.07, 6.45) is -0.514. The van der Waals surface area contributed by atoms with Crippen molar-refractivity contribution in [2.75, 3.05) is 24.5 Å². The minimum atomic E-state index is -4.50. The number of anilines is 1. The molecule has 7 nitrogen and oxygen atoms in total. The van der Waals surface area contributed by atoms with Crippen LogP contribution in [0.2, 0.25) is 0 Å². The lowest BCUT2D eigenvalue weighted by Crippen LogP contribution is -2.49. The Kier molecular flexibility index (Phi) is 8.52. The lowest BCUT2D eigenvalue weighted by molar-refractivity contribution is -0.138. The van der Waals surface area contributed by atoms with Gasteiger partial charge in [-0.25, -0.2) is 0 Å². The first-order valence-corrected chi connectivity index (χ1v) is 13.0. The molecule has 0 saturated carbocycles. The summed E-state index contributed by atoms with van der Waals surface area (Å²) in [6.45, 7) is 6.89. The van der Waals surface area contributed by atoms with Gasteiger partial charge in [-0.3, -0.25) is 9.69 Å². The summed E-state index contributed by atoms with van der Waals surface area (Å²) >= 11 is 0. The molecule has 2 aliphatic rings. The number of para-hydroxylation sites is 1. The van der Waals surface area contributed by atoms with Crippen molar-refractivity contribution in [1.82, 2.24) is 19.7 Å². The molecule has 1 fully saturated rings. The maximum atomic E-state index is 13.7. The number of carbonyl (C=O) groups is 1. The van der Waals surface area contributed by atoms with Gasteiger partial charge in [0.1, 0.15) is 12.2 Å². The zero-order valence-electron chi connectivity index (χ0n) is 22.1. The van der Waals surface area contributed by atoms with Gasteiger partial charge in [-0.05, 0) is 53.8 Å². The van der Waals surface area contributed by atoms with Gasteiger partial charge in [-0.15, -0.1) is 10.2 Å². The quantitative estimate of drug-likeness (QED) is 0.483. The van der Waals surface area contributed by atoms with Crippen molar-refractivity contribution in [3.63, 3.8) is 0 Å². The molecule has 0 radical (unpaired) electrons. The van der Waals surface area contributed by atoms with Gasteiger partial charge in [0, 0.05) is 44.4 Å². The van der Waals surface area contributed by atoms with E-state index < -0.39 is 11.7 Å². The van der Waals surface area contributed by atoms with Crippen molar-refractivity contribution in [1.29, 1.82) is 0 Å². The molecular formula is C28H35F3N6O. The second-order valence-corrected chi connectivity index (χ2v) is 10.3. The number of rotatable bonds is 7. The standard InChI is InChI=1S/C20H20F3N3O.C8H15N3/c21-20(22,23)18-7-13(9-25-10-14(8-24)11-25)6-16-17(18)12-26(19(16)27)15-4-2-1-3-5-15;1-4-7(2)5-8-10-9-6-11(8)3/h1-7,14H,8-12,24H2;6-7H,4-5H2,1-3H3. The molecule has 0 aliphatic carbocycles. The number of carbonyl (C=O) groups excluding carboxylic acids is 1. The summed E-state index contributed by atoms with van der Waals surface area (Å²) in [5, 5.41) is 7.84. The van der Waals surface area contributed by atoms with Crippen LogP contribution in [-0.4, -0.2) is 45.2 Å². The van der Waals surface area contributed by atoms with Crippen LogP contribution in [0.5, 0.6) is 0 Å². The average Bonchev–Trinajstić information content (AvgIpc) is 3.43. The molecule has 1 amide bonds. The second-order valence-electron chi connectivity index (χ2n) is 10.3. The van der Waals surface area contributed by atoms with Crippen LogP contribution in [0.25, 0.3) is 0 Å². The highest BCUT2D eigenvalue weighted by Crippen LogP contribution is 2.39. The molecule has 1 unspecified atom stereocenters. The van der Waals surface area contributed by atoms with Crippen molar-refractivity contribution < 1.29 is 18.0 Å².